The van der Waals surface area contributed by atoms with Crippen molar-refractivity contribution in [2.75, 3.05) is 27.2 Å². The van der Waals surface area contributed by atoms with Gasteiger partial charge in [0.15, 0.2) is 0 Å². The van der Waals surface area contributed by atoms with Crippen molar-refractivity contribution in [3.8, 4) is 0 Å². The third-order valence-electron chi connectivity index (χ3n) is 4.76. The van der Waals surface area contributed by atoms with E-state index in [2.05, 4.69) is 0 Å². The summed E-state index contributed by atoms with van der Waals surface area (Å²) in [4.78, 5) is 27.2. The van der Waals surface area contributed by atoms with E-state index in [9.17, 15) is 18.4 Å². The van der Waals surface area contributed by atoms with Crippen molar-refractivity contribution in [2.24, 2.45) is 5.92 Å². The molecule has 2 rings (SSSR count). The number of nitrogens with zero attached hydrogens (tertiary/aromatic N) is 2. The summed E-state index contributed by atoms with van der Waals surface area (Å²) < 4.78 is 26.7. The minimum atomic E-state index is -0.567. The van der Waals surface area contributed by atoms with Crippen molar-refractivity contribution >= 4 is 11.8 Å². The lowest BCUT2D eigenvalue weighted by molar-refractivity contribution is -0.137. The van der Waals surface area contributed by atoms with Gasteiger partial charge in [0.05, 0.1) is 0 Å². The van der Waals surface area contributed by atoms with E-state index >= 15 is 0 Å². The highest BCUT2D eigenvalue weighted by atomic mass is 19.1. The third-order valence-corrected chi connectivity index (χ3v) is 4.76. The smallest absolute Gasteiger partial charge is 0.223 e. The van der Waals surface area contributed by atoms with E-state index in [0.717, 1.165) is 31.9 Å². The Morgan fingerprint density at radius 2 is 2.00 bits per heavy atom. The highest BCUT2D eigenvalue weighted by Gasteiger charge is 2.24. The molecule has 4 nitrogen and oxygen atoms in total. The summed E-state index contributed by atoms with van der Waals surface area (Å²) >= 11 is 0. The molecule has 0 saturated carbocycles. The largest absolute Gasteiger partial charge is 0.349 e. The number of carbonyl (C=O) groups excluding carboxylic acids is 2. The van der Waals surface area contributed by atoms with Gasteiger partial charge < -0.3 is 9.80 Å². The molecular weight excluding hydrogens is 326 g/mol. The highest BCUT2D eigenvalue weighted by molar-refractivity contribution is 5.83. The second-order valence-electron chi connectivity index (χ2n) is 6.91. The summed E-state index contributed by atoms with van der Waals surface area (Å²) in [6, 6.07) is 3.67. The van der Waals surface area contributed by atoms with Crippen LogP contribution in [-0.2, 0) is 16.0 Å². The number of aryl methyl sites for hydroxylation is 1. The average Bonchev–Trinajstić information content (AvgIpc) is 2.58. The minimum absolute atomic E-state index is 0.00728. The average molecular weight is 352 g/mol. The normalized spacial score (nSPS) is 17.4. The number of piperidine rings is 1. The third kappa shape index (κ3) is 5.80. The first kappa shape index (κ1) is 19.3. The second-order valence-corrected chi connectivity index (χ2v) is 6.91. The molecule has 1 saturated heterocycles. The van der Waals surface area contributed by atoms with E-state index in [-0.39, 0.29) is 24.7 Å². The number of amides is 2. The van der Waals surface area contributed by atoms with E-state index < -0.39 is 11.6 Å². The monoisotopic (exact) mass is 352 g/mol. The van der Waals surface area contributed by atoms with Gasteiger partial charge in [0.25, 0.3) is 0 Å². The Labute approximate surface area is 147 Å². The summed E-state index contributed by atoms with van der Waals surface area (Å²) in [5.41, 5.74) is 0.515. The van der Waals surface area contributed by atoms with E-state index in [0.29, 0.717) is 24.4 Å². The van der Waals surface area contributed by atoms with Gasteiger partial charge in [-0.05, 0) is 43.2 Å². The Kier molecular flexibility index (Phi) is 6.91. The summed E-state index contributed by atoms with van der Waals surface area (Å²) in [6.45, 7) is 1.37. The number of hydrogen-bond donors (Lipinski definition) is 0. The quantitative estimate of drug-likeness (QED) is 0.790. The van der Waals surface area contributed by atoms with E-state index in [1.165, 1.54) is 17.0 Å². The van der Waals surface area contributed by atoms with Crippen molar-refractivity contribution in [2.45, 2.75) is 38.5 Å². The van der Waals surface area contributed by atoms with Gasteiger partial charge in [0.2, 0.25) is 11.8 Å². The van der Waals surface area contributed by atoms with Gasteiger partial charge >= 0.3 is 0 Å². The van der Waals surface area contributed by atoms with Crippen LogP contribution in [0.2, 0.25) is 0 Å². The first-order valence-corrected chi connectivity index (χ1v) is 8.78. The molecular formula is C19H26F2N2O2. The Morgan fingerprint density at radius 1 is 1.24 bits per heavy atom. The zero-order chi connectivity index (χ0) is 18.4. The van der Waals surface area contributed by atoms with Crippen LogP contribution < -0.4 is 0 Å². The van der Waals surface area contributed by atoms with E-state index in [1.54, 1.807) is 14.1 Å². The first-order valence-electron chi connectivity index (χ1n) is 8.78. The summed E-state index contributed by atoms with van der Waals surface area (Å²) in [6.07, 6.45) is 3.69. The number of halogens is 2. The summed E-state index contributed by atoms with van der Waals surface area (Å²) in [5.74, 6) is -0.804. The van der Waals surface area contributed by atoms with Crippen molar-refractivity contribution < 1.29 is 18.4 Å². The number of rotatable bonds is 6. The van der Waals surface area contributed by atoms with Crippen molar-refractivity contribution in [1.29, 1.82) is 0 Å². The van der Waals surface area contributed by atoms with Crippen LogP contribution in [0, 0.1) is 17.6 Å². The molecule has 1 aliphatic heterocycles. The molecule has 1 heterocycles. The van der Waals surface area contributed by atoms with Gasteiger partial charge in [-0.25, -0.2) is 8.78 Å². The molecule has 0 unspecified atom stereocenters. The van der Waals surface area contributed by atoms with Crippen LogP contribution in [0.25, 0.3) is 0 Å². The molecule has 1 aromatic carbocycles. The SMILES string of the molecule is CN(C)C(=O)CCC(=O)N1CCC[C@H](CCc2ccc(F)cc2F)C1. The van der Waals surface area contributed by atoms with Crippen LogP contribution in [0.4, 0.5) is 8.78 Å². The minimum Gasteiger partial charge on any atom is -0.349 e. The predicted molar refractivity (Wildman–Crippen MR) is 91.9 cm³/mol. The Morgan fingerprint density at radius 3 is 2.68 bits per heavy atom. The number of hydrogen-bond acceptors (Lipinski definition) is 2. The molecule has 1 aromatic rings. The molecule has 0 radical (unpaired) electrons. The molecule has 0 bridgehead atoms. The summed E-state index contributed by atoms with van der Waals surface area (Å²) in [7, 11) is 3.36. The lowest BCUT2D eigenvalue weighted by Gasteiger charge is -2.33. The van der Waals surface area contributed by atoms with Crippen molar-refractivity contribution in [3.63, 3.8) is 0 Å². The molecule has 1 fully saturated rings. The summed E-state index contributed by atoms with van der Waals surface area (Å²) in [5, 5.41) is 0. The standard InChI is InChI=1S/C19H26F2N2O2/c1-22(2)18(24)9-10-19(25)23-11-3-4-14(13-23)5-6-15-7-8-16(20)12-17(15)21/h7-8,12,14H,3-6,9-11,13H2,1-2H3/t14-/m1/s1. The zero-order valence-electron chi connectivity index (χ0n) is 14.9. The van der Waals surface area contributed by atoms with Crippen molar-refractivity contribution in [1.82, 2.24) is 9.80 Å². The molecule has 25 heavy (non-hydrogen) atoms. The molecule has 0 N–H and O–H groups in total. The Hall–Kier alpha value is -1.98. The number of carbonyl (C=O) groups is 2. The lowest BCUT2D eigenvalue weighted by Crippen LogP contribution is -2.40. The van der Waals surface area contributed by atoms with E-state index in [4.69, 9.17) is 0 Å². The molecule has 0 spiro atoms. The molecule has 1 atom stereocenters. The first-order chi connectivity index (χ1) is 11.9. The predicted octanol–water partition coefficient (Wildman–Crippen LogP) is 3.00. The highest BCUT2D eigenvalue weighted by Crippen LogP contribution is 2.23. The van der Waals surface area contributed by atoms with Crippen LogP contribution in [0.1, 0.15) is 37.7 Å². The Balaban J connectivity index is 1.81. The fourth-order valence-corrected chi connectivity index (χ4v) is 3.21. The van der Waals surface area contributed by atoms with Crippen LogP contribution in [-0.4, -0.2) is 48.8 Å². The maximum absolute atomic E-state index is 13.7. The number of benzene rings is 1. The molecule has 0 aliphatic carbocycles. The molecule has 6 heteroatoms. The molecule has 1 aliphatic rings. The fourth-order valence-electron chi connectivity index (χ4n) is 3.21. The van der Waals surface area contributed by atoms with Gasteiger partial charge in [-0.1, -0.05) is 6.07 Å². The van der Waals surface area contributed by atoms with Crippen LogP contribution >= 0.6 is 0 Å². The Bertz CT molecular complexity index is 619. The topological polar surface area (TPSA) is 40.6 Å². The van der Waals surface area contributed by atoms with Gasteiger partial charge in [0.1, 0.15) is 11.6 Å². The maximum Gasteiger partial charge on any atom is 0.223 e. The van der Waals surface area contributed by atoms with Crippen LogP contribution in [0.5, 0.6) is 0 Å². The fraction of sp³-hybridized carbons (Fsp3) is 0.579. The molecule has 0 aromatic heterocycles. The van der Waals surface area contributed by atoms with Gasteiger partial charge in [0, 0.05) is 46.1 Å². The zero-order valence-corrected chi connectivity index (χ0v) is 14.9. The van der Waals surface area contributed by atoms with Crippen molar-refractivity contribution in [3.05, 3.63) is 35.4 Å². The van der Waals surface area contributed by atoms with Crippen LogP contribution in [0.15, 0.2) is 18.2 Å². The van der Waals surface area contributed by atoms with Gasteiger partial charge in [-0.15, -0.1) is 0 Å². The molecule has 138 valence electrons. The van der Waals surface area contributed by atoms with Crippen LogP contribution in [0.3, 0.4) is 0 Å². The molecule has 2 amide bonds. The van der Waals surface area contributed by atoms with E-state index in [1.807, 2.05) is 4.90 Å². The van der Waals surface area contributed by atoms with Gasteiger partial charge in [-0.3, -0.25) is 9.59 Å². The van der Waals surface area contributed by atoms with Gasteiger partial charge in [-0.2, -0.15) is 0 Å². The second kappa shape index (κ2) is 8.92. The lowest BCUT2D eigenvalue weighted by atomic mass is 9.91. The maximum atomic E-state index is 13.7. The number of likely N-dealkylation sites (tertiary alicyclic amines) is 1.